The number of hydrogen-bond acceptors (Lipinski definition) is 3. The summed E-state index contributed by atoms with van der Waals surface area (Å²) >= 11 is 0. The number of imidazole rings is 1. The molecule has 4 heteroatoms. The summed E-state index contributed by atoms with van der Waals surface area (Å²) in [6, 6.07) is 8.16. The van der Waals surface area contributed by atoms with Crippen molar-refractivity contribution in [2.75, 3.05) is 7.11 Å². The first-order chi connectivity index (χ1) is 9.19. The molecule has 0 radical (unpaired) electrons. The third kappa shape index (κ3) is 2.60. The molecular formula is C15H17N3O. The van der Waals surface area contributed by atoms with Crippen LogP contribution in [-0.4, -0.2) is 17.1 Å². The Kier molecular flexibility index (Phi) is 3.86. The first kappa shape index (κ1) is 13.2. The number of aromatic nitrogens is 2. The van der Waals surface area contributed by atoms with Crippen LogP contribution in [0.25, 0.3) is 11.3 Å². The van der Waals surface area contributed by atoms with Crippen molar-refractivity contribution in [3.8, 4) is 23.1 Å². The third-order valence-electron chi connectivity index (χ3n) is 3.11. The van der Waals surface area contributed by atoms with Gasteiger partial charge in [-0.2, -0.15) is 5.26 Å². The molecule has 0 aliphatic carbocycles. The van der Waals surface area contributed by atoms with E-state index in [9.17, 15) is 0 Å². The Morgan fingerprint density at radius 3 is 2.84 bits per heavy atom. The van der Waals surface area contributed by atoms with Crippen LogP contribution in [0, 0.1) is 18.3 Å². The molecule has 1 N–H and O–H groups in total. The normalized spacial score (nSPS) is 10.2. The SMILES string of the molecule is CCc1cc(-c2nc(CC#N)[nH]c2C)ccc1OC. The molecule has 1 aromatic heterocycles. The smallest absolute Gasteiger partial charge is 0.122 e. The Labute approximate surface area is 113 Å². The van der Waals surface area contributed by atoms with Crippen LogP contribution in [0.5, 0.6) is 5.75 Å². The molecular weight excluding hydrogens is 238 g/mol. The maximum absolute atomic E-state index is 8.71. The average Bonchev–Trinajstić information content (AvgIpc) is 2.79. The molecule has 0 unspecified atom stereocenters. The highest BCUT2D eigenvalue weighted by Crippen LogP contribution is 2.27. The van der Waals surface area contributed by atoms with E-state index in [0.717, 1.165) is 34.7 Å². The second kappa shape index (κ2) is 5.57. The number of nitrogens with zero attached hydrogens (tertiary/aromatic N) is 2. The van der Waals surface area contributed by atoms with Gasteiger partial charge in [-0.1, -0.05) is 6.92 Å². The summed E-state index contributed by atoms with van der Waals surface area (Å²) in [5.74, 6) is 1.61. The van der Waals surface area contributed by atoms with E-state index in [0.29, 0.717) is 12.2 Å². The summed E-state index contributed by atoms with van der Waals surface area (Å²) in [4.78, 5) is 7.63. The molecule has 0 aliphatic rings. The molecule has 0 bridgehead atoms. The van der Waals surface area contributed by atoms with Crippen LogP contribution in [0.4, 0.5) is 0 Å². The number of nitriles is 1. The van der Waals surface area contributed by atoms with Crippen molar-refractivity contribution in [1.82, 2.24) is 9.97 Å². The Morgan fingerprint density at radius 1 is 1.42 bits per heavy atom. The van der Waals surface area contributed by atoms with E-state index in [4.69, 9.17) is 10.00 Å². The minimum Gasteiger partial charge on any atom is -0.496 e. The van der Waals surface area contributed by atoms with Gasteiger partial charge in [-0.25, -0.2) is 4.98 Å². The Balaban J connectivity index is 2.44. The van der Waals surface area contributed by atoms with Crippen molar-refractivity contribution in [3.05, 3.63) is 35.3 Å². The first-order valence-electron chi connectivity index (χ1n) is 6.29. The minimum atomic E-state index is 0.303. The Hall–Kier alpha value is -2.28. The molecule has 2 aromatic rings. The van der Waals surface area contributed by atoms with Gasteiger partial charge in [0.2, 0.25) is 0 Å². The van der Waals surface area contributed by atoms with Gasteiger partial charge in [0, 0.05) is 11.3 Å². The van der Waals surface area contributed by atoms with Crippen molar-refractivity contribution in [1.29, 1.82) is 5.26 Å². The van der Waals surface area contributed by atoms with Crippen LogP contribution in [0.15, 0.2) is 18.2 Å². The molecule has 0 saturated heterocycles. The van der Waals surface area contributed by atoms with E-state index < -0.39 is 0 Å². The van der Waals surface area contributed by atoms with Gasteiger partial charge in [-0.3, -0.25) is 0 Å². The topological polar surface area (TPSA) is 61.7 Å². The molecule has 0 aliphatic heterocycles. The zero-order valence-electron chi connectivity index (χ0n) is 11.4. The maximum Gasteiger partial charge on any atom is 0.122 e. The van der Waals surface area contributed by atoms with E-state index in [-0.39, 0.29) is 0 Å². The highest BCUT2D eigenvalue weighted by Gasteiger charge is 2.11. The minimum absolute atomic E-state index is 0.303. The first-order valence-corrected chi connectivity index (χ1v) is 6.29. The number of hydrogen-bond donors (Lipinski definition) is 1. The lowest BCUT2D eigenvalue weighted by atomic mass is 10.0. The van der Waals surface area contributed by atoms with Gasteiger partial charge in [-0.05, 0) is 37.1 Å². The van der Waals surface area contributed by atoms with Gasteiger partial charge < -0.3 is 9.72 Å². The molecule has 19 heavy (non-hydrogen) atoms. The van der Waals surface area contributed by atoms with Crippen LogP contribution >= 0.6 is 0 Å². The number of methoxy groups -OCH3 is 1. The third-order valence-corrected chi connectivity index (χ3v) is 3.11. The second-order valence-electron chi connectivity index (χ2n) is 4.37. The van der Waals surface area contributed by atoms with Crippen LogP contribution in [0.2, 0.25) is 0 Å². The van der Waals surface area contributed by atoms with E-state index in [1.54, 1.807) is 7.11 Å². The lowest BCUT2D eigenvalue weighted by Crippen LogP contribution is -1.92. The largest absolute Gasteiger partial charge is 0.496 e. The highest BCUT2D eigenvalue weighted by molar-refractivity contribution is 5.64. The summed E-state index contributed by atoms with van der Waals surface area (Å²) < 4.78 is 5.33. The molecule has 1 heterocycles. The van der Waals surface area contributed by atoms with E-state index >= 15 is 0 Å². The number of benzene rings is 1. The van der Waals surface area contributed by atoms with Crippen molar-refractivity contribution in [3.63, 3.8) is 0 Å². The lowest BCUT2D eigenvalue weighted by molar-refractivity contribution is 0.410. The maximum atomic E-state index is 8.71. The standard InChI is InChI=1S/C15H17N3O/c1-4-11-9-12(5-6-13(11)19-3)15-10(2)17-14(18-15)7-8-16/h5-6,9H,4,7H2,1-3H3,(H,17,18). The van der Waals surface area contributed by atoms with E-state index in [1.807, 2.05) is 19.1 Å². The summed E-state index contributed by atoms with van der Waals surface area (Å²) in [6.07, 6.45) is 1.21. The van der Waals surface area contributed by atoms with Gasteiger partial charge in [0.15, 0.2) is 0 Å². The van der Waals surface area contributed by atoms with Gasteiger partial charge in [-0.15, -0.1) is 0 Å². The molecule has 2 rings (SSSR count). The number of rotatable bonds is 4. The monoisotopic (exact) mass is 255 g/mol. The van der Waals surface area contributed by atoms with Gasteiger partial charge in [0.05, 0.1) is 25.3 Å². The van der Waals surface area contributed by atoms with Crippen molar-refractivity contribution >= 4 is 0 Å². The zero-order chi connectivity index (χ0) is 13.8. The van der Waals surface area contributed by atoms with Crippen LogP contribution in [0.3, 0.4) is 0 Å². The van der Waals surface area contributed by atoms with Crippen LogP contribution in [-0.2, 0) is 12.8 Å². The molecule has 1 aromatic carbocycles. The number of aryl methyl sites for hydroxylation is 2. The molecule has 0 fully saturated rings. The molecule has 98 valence electrons. The fourth-order valence-corrected chi connectivity index (χ4v) is 2.16. The Bertz CT molecular complexity index is 623. The number of ether oxygens (including phenoxy) is 1. The summed E-state index contributed by atoms with van der Waals surface area (Å²) in [5.41, 5.74) is 4.10. The van der Waals surface area contributed by atoms with Gasteiger partial charge in [0.1, 0.15) is 11.6 Å². The van der Waals surface area contributed by atoms with Crippen LogP contribution < -0.4 is 4.74 Å². The number of nitrogens with one attached hydrogen (secondary N) is 1. The lowest BCUT2D eigenvalue weighted by Gasteiger charge is -2.08. The second-order valence-corrected chi connectivity index (χ2v) is 4.37. The van der Waals surface area contributed by atoms with E-state index in [2.05, 4.69) is 29.0 Å². The predicted molar refractivity (Wildman–Crippen MR) is 74.0 cm³/mol. The number of H-pyrrole nitrogens is 1. The molecule has 0 amide bonds. The van der Waals surface area contributed by atoms with Crippen LogP contribution in [0.1, 0.15) is 24.0 Å². The van der Waals surface area contributed by atoms with Crippen molar-refractivity contribution in [2.24, 2.45) is 0 Å². The zero-order valence-corrected chi connectivity index (χ0v) is 11.4. The average molecular weight is 255 g/mol. The van der Waals surface area contributed by atoms with Gasteiger partial charge >= 0.3 is 0 Å². The van der Waals surface area contributed by atoms with Crippen molar-refractivity contribution < 1.29 is 4.74 Å². The number of aromatic amines is 1. The molecule has 0 spiro atoms. The summed E-state index contributed by atoms with van der Waals surface area (Å²) in [7, 11) is 1.68. The highest BCUT2D eigenvalue weighted by atomic mass is 16.5. The molecule has 4 nitrogen and oxygen atoms in total. The fourth-order valence-electron chi connectivity index (χ4n) is 2.16. The summed E-state index contributed by atoms with van der Waals surface area (Å²) in [5, 5.41) is 8.71. The summed E-state index contributed by atoms with van der Waals surface area (Å²) in [6.45, 7) is 4.07. The van der Waals surface area contributed by atoms with E-state index in [1.165, 1.54) is 0 Å². The van der Waals surface area contributed by atoms with Gasteiger partial charge in [0.25, 0.3) is 0 Å². The molecule has 0 atom stereocenters. The molecule has 0 saturated carbocycles. The fraction of sp³-hybridized carbons (Fsp3) is 0.333. The Morgan fingerprint density at radius 2 is 2.21 bits per heavy atom. The van der Waals surface area contributed by atoms with Crippen molar-refractivity contribution in [2.45, 2.75) is 26.7 Å². The quantitative estimate of drug-likeness (QED) is 0.913. The predicted octanol–water partition coefficient (Wildman–Crippen LogP) is 3.02.